The van der Waals surface area contributed by atoms with Gasteiger partial charge in [0.05, 0.1) is 24.8 Å². The van der Waals surface area contributed by atoms with E-state index in [0.717, 1.165) is 24.8 Å². The van der Waals surface area contributed by atoms with Gasteiger partial charge in [-0.2, -0.15) is 13.2 Å². The molecule has 6 rings (SSSR count). The fraction of sp³-hybridized carbons (Fsp3) is 0.280. The molecule has 2 fully saturated rings. The number of nitrogen functional groups attached to an aromatic ring is 1. The smallest absolute Gasteiger partial charge is 0.382 e. The van der Waals surface area contributed by atoms with Gasteiger partial charge in [0.2, 0.25) is 0 Å². The maximum Gasteiger partial charge on any atom is 0.416 e. The molecule has 0 aliphatic carbocycles. The van der Waals surface area contributed by atoms with Crippen molar-refractivity contribution in [3.8, 4) is 11.3 Å². The molecule has 196 valence electrons. The molecule has 0 radical (unpaired) electrons. The first-order chi connectivity index (χ1) is 18.2. The fourth-order valence-corrected chi connectivity index (χ4v) is 5.06. The predicted molar refractivity (Wildman–Crippen MR) is 129 cm³/mol. The zero-order valence-electron chi connectivity index (χ0n) is 19.7. The Balaban J connectivity index is 1.32. The Bertz CT molecular complexity index is 1540. The number of nitrogens with zero attached hydrogens (tertiary/aromatic N) is 4. The third kappa shape index (κ3) is 4.23. The van der Waals surface area contributed by atoms with Gasteiger partial charge in [-0.1, -0.05) is 0 Å². The highest BCUT2D eigenvalue weighted by Crippen LogP contribution is 2.38. The normalized spacial score (nSPS) is 21.1. The van der Waals surface area contributed by atoms with Crippen molar-refractivity contribution in [2.45, 2.75) is 24.7 Å². The van der Waals surface area contributed by atoms with Gasteiger partial charge in [0, 0.05) is 41.7 Å². The second-order valence-corrected chi connectivity index (χ2v) is 9.28. The zero-order valence-corrected chi connectivity index (χ0v) is 19.7. The van der Waals surface area contributed by atoms with Crippen LogP contribution >= 0.6 is 0 Å². The van der Waals surface area contributed by atoms with E-state index < -0.39 is 23.5 Å². The number of halogens is 4. The van der Waals surface area contributed by atoms with Crippen LogP contribution in [-0.4, -0.2) is 44.5 Å². The van der Waals surface area contributed by atoms with Crippen LogP contribution in [0.3, 0.4) is 0 Å². The van der Waals surface area contributed by atoms with E-state index >= 15 is 4.39 Å². The molecule has 0 saturated carbocycles. The van der Waals surface area contributed by atoms with Crippen LogP contribution < -0.4 is 16.4 Å². The van der Waals surface area contributed by atoms with Gasteiger partial charge in [-0.3, -0.25) is 9.20 Å². The Kier molecular flexibility index (Phi) is 5.76. The molecule has 1 amide bonds. The number of benzene rings is 1. The summed E-state index contributed by atoms with van der Waals surface area (Å²) in [6.45, 7) is 1.29. The van der Waals surface area contributed by atoms with Crippen molar-refractivity contribution >= 4 is 23.1 Å². The topological polar surface area (TPSA) is 119 Å². The summed E-state index contributed by atoms with van der Waals surface area (Å²) in [6, 6.07) is 5.34. The van der Waals surface area contributed by atoms with Crippen molar-refractivity contribution in [3.05, 3.63) is 71.7 Å². The summed E-state index contributed by atoms with van der Waals surface area (Å²) in [7, 11) is 0. The standard InChI is InChI=1S/C25H21F4N7O2/c26-16-7-12(24(37)34-19-9-14(3-4-31-19)25(27,28)29)1-2-15(16)20-21-22(30)32-5-6-36(21)23(35-20)17-8-13-10-38-11-18(13)33-17/h1-7,9,13,17-18,33H,8,10-11H2,(H2,30,32)(H,31,34,37)/t13-,17-,18+/m0/s1. The Labute approximate surface area is 213 Å². The summed E-state index contributed by atoms with van der Waals surface area (Å²) >= 11 is 0. The monoisotopic (exact) mass is 527 g/mol. The summed E-state index contributed by atoms with van der Waals surface area (Å²) in [5.74, 6) is -0.695. The van der Waals surface area contributed by atoms with E-state index in [1.54, 1.807) is 16.8 Å². The number of aromatic nitrogens is 4. The predicted octanol–water partition coefficient (Wildman–Crippen LogP) is 3.83. The molecular weight excluding hydrogens is 506 g/mol. The number of imidazole rings is 1. The van der Waals surface area contributed by atoms with Gasteiger partial charge >= 0.3 is 6.18 Å². The van der Waals surface area contributed by atoms with Crippen LogP contribution in [0, 0.1) is 11.7 Å². The molecule has 2 aliphatic heterocycles. The lowest BCUT2D eigenvalue weighted by Gasteiger charge is -2.12. The van der Waals surface area contributed by atoms with Crippen LogP contribution in [0.15, 0.2) is 48.9 Å². The number of nitrogens with two attached hydrogens (primary N) is 1. The highest BCUT2D eigenvalue weighted by atomic mass is 19.4. The van der Waals surface area contributed by atoms with Gasteiger partial charge < -0.3 is 21.1 Å². The minimum Gasteiger partial charge on any atom is -0.382 e. The van der Waals surface area contributed by atoms with E-state index in [1.165, 1.54) is 12.1 Å². The SMILES string of the molecule is Nc1nccn2c([C@@H]3C[C@H]4COC[C@H]4N3)nc(-c3ccc(C(=O)Nc4cc(C(F)(F)F)ccn4)cc3F)c12. The molecule has 2 saturated heterocycles. The molecule has 2 aliphatic rings. The summed E-state index contributed by atoms with van der Waals surface area (Å²) in [5.41, 5.74) is 5.90. The van der Waals surface area contributed by atoms with Crippen LogP contribution in [0.25, 0.3) is 16.8 Å². The summed E-state index contributed by atoms with van der Waals surface area (Å²) in [5, 5.41) is 5.80. The Morgan fingerprint density at radius 1 is 1.16 bits per heavy atom. The highest BCUT2D eigenvalue weighted by molar-refractivity contribution is 6.04. The first kappa shape index (κ1) is 24.2. The number of carbonyl (C=O) groups excluding carboxylic acids is 1. The van der Waals surface area contributed by atoms with Crippen LogP contribution in [0.2, 0.25) is 0 Å². The number of pyridine rings is 1. The van der Waals surface area contributed by atoms with E-state index in [0.29, 0.717) is 36.5 Å². The molecule has 4 aromatic rings. The lowest BCUT2D eigenvalue weighted by Crippen LogP contribution is -2.28. The van der Waals surface area contributed by atoms with Gasteiger partial charge in [0.1, 0.15) is 34.5 Å². The summed E-state index contributed by atoms with van der Waals surface area (Å²) < 4.78 is 61.6. The van der Waals surface area contributed by atoms with Crippen molar-refractivity contribution < 1.29 is 27.1 Å². The molecule has 4 N–H and O–H groups in total. The van der Waals surface area contributed by atoms with Crippen molar-refractivity contribution in [1.29, 1.82) is 0 Å². The van der Waals surface area contributed by atoms with E-state index in [4.69, 9.17) is 15.5 Å². The number of anilines is 2. The molecule has 38 heavy (non-hydrogen) atoms. The molecule has 0 bridgehead atoms. The minimum absolute atomic E-state index is 0.0926. The fourth-order valence-electron chi connectivity index (χ4n) is 5.06. The van der Waals surface area contributed by atoms with Gasteiger partial charge in [-0.25, -0.2) is 19.3 Å². The number of ether oxygens (including phenoxy) is 1. The number of amides is 1. The molecule has 3 atom stereocenters. The third-order valence-electron chi connectivity index (χ3n) is 6.89. The Hall–Kier alpha value is -4.10. The number of hydrogen-bond donors (Lipinski definition) is 3. The number of nitrogens with one attached hydrogen (secondary N) is 2. The summed E-state index contributed by atoms with van der Waals surface area (Å²) in [4.78, 5) is 25.3. The molecule has 0 unspecified atom stereocenters. The number of fused-ring (bicyclic) bond motifs is 2. The molecule has 0 spiro atoms. The molecule has 13 heteroatoms. The van der Waals surface area contributed by atoms with E-state index in [1.807, 2.05) is 0 Å². The maximum absolute atomic E-state index is 15.4. The number of hydrogen-bond acceptors (Lipinski definition) is 7. The highest BCUT2D eigenvalue weighted by Gasteiger charge is 2.40. The molecule has 3 aromatic heterocycles. The third-order valence-corrected chi connectivity index (χ3v) is 6.89. The quantitative estimate of drug-likeness (QED) is 0.345. The van der Waals surface area contributed by atoms with E-state index in [-0.39, 0.29) is 40.5 Å². The Morgan fingerprint density at radius 2 is 2.00 bits per heavy atom. The Morgan fingerprint density at radius 3 is 2.76 bits per heavy atom. The number of rotatable bonds is 4. The zero-order chi connectivity index (χ0) is 26.6. The molecule has 5 heterocycles. The first-order valence-corrected chi connectivity index (χ1v) is 11.8. The van der Waals surface area contributed by atoms with E-state index in [9.17, 15) is 18.0 Å². The minimum atomic E-state index is -4.60. The van der Waals surface area contributed by atoms with Gasteiger partial charge in [-0.15, -0.1) is 0 Å². The van der Waals surface area contributed by atoms with Gasteiger partial charge in [0.15, 0.2) is 0 Å². The molecule has 1 aromatic carbocycles. The van der Waals surface area contributed by atoms with E-state index in [2.05, 4.69) is 20.6 Å². The van der Waals surface area contributed by atoms with Crippen LogP contribution in [0.1, 0.15) is 34.2 Å². The van der Waals surface area contributed by atoms with Crippen molar-refractivity contribution in [1.82, 2.24) is 24.7 Å². The largest absolute Gasteiger partial charge is 0.416 e. The van der Waals surface area contributed by atoms with Crippen LogP contribution in [0.4, 0.5) is 29.2 Å². The average Bonchev–Trinajstić information content (AvgIpc) is 3.57. The second-order valence-electron chi connectivity index (χ2n) is 9.28. The number of carbonyl (C=O) groups is 1. The first-order valence-electron chi connectivity index (χ1n) is 11.8. The molecular formula is C25H21F4N7O2. The lowest BCUT2D eigenvalue weighted by atomic mass is 10.0. The van der Waals surface area contributed by atoms with Crippen molar-refractivity contribution in [3.63, 3.8) is 0 Å². The van der Waals surface area contributed by atoms with Gasteiger partial charge in [0.25, 0.3) is 5.91 Å². The molecule has 9 nitrogen and oxygen atoms in total. The van der Waals surface area contributed by atoms with Crippen molar-refractivity contribution in [2.75, 3.05) is 24.3 Å². The number of alkyl halides is 3. The maximum atomic E-state index is 15.4. The van der Waals surface area contributed by atoms with Gasteiger partial charge in [-0.05, 0) is 36.8 Å². The van der Waals surface area contributed by atoms with Crippen LogP contribution in [-0.2, 0) is 10.9 Å². The van der Waals surface area contributed by atoms with Crippen molar-refractivity contribution in [2.24, 2.45) is 5.92 Å². The van der Waals surface area contributed by atoms with Crippen LogP contribution in [0.5, 0.6) is 0 Å². The summed E-state index contributed by atoms with van der Waals surface area (Å²) in [6.07, 6.45) is 0.394. The second kappa shape index (κ2) is 9.03. The average molecular weight is 527 g/mol. The lowest BCUT2D eigenvalue weighted by molar-refractivity contribution is -0.137.